The molecule has 19 heavy (non-hydrogen) atoms. The summed E-state index contributed by atoms with van der Waals surface area (Å²) in [5, 5.41) is 9.46. The molecule has 3 nitrogen and oxygen atoms in total. The van der Waals surface area contributed by atoms with E-state index >= 15 is 0 Å². The van der Waals surface area contributed by atoms with Gasteiger partial charge in [-0.05, 0) is 23.6 Å². The number of nitrogens with two attached hydrogens (primary N) is 1. The largest absolute Gasteiger partial charge is 0.480 e. The van der Waals surface area contributed by atoms with Gasteiger partial charge in [-0.25, -0.2) is 0 Å². The van der Waals surface area contributed by atoms with Crippen LogP contribution in [0.1, 0.15) is 5.56 Å². The van der Waals surface area contributed by atoms with E-state index in [4.69, 9.17) is 22.4 Å². The molecule has 0 amide bonds. The first-order valence-electron chi connectivity index (χ1n) is 5.90. The lowest BCUT2D eigenvalue weighted by Gasteiger charge is -2.08. The van der Waals surface area contributed by atoms with Gasteiger partial charge in [0.15, 0.2) is 0 Å². The van der Waals surface area contributed by atoms with Crippen LogP contribution in [0.5, 0.6) is 0 Å². The zero-order valence-electron chi connectivity index (χ0n) is 10.2. The zero-order chi connectivity index (χ0) is 13.8. The SMILES string of the molecule is N[C@@H](Cc1ccc(-c2ccccc2Cl)cc1)C(=O)O. The van der Waals surface area contributed by atoms with E-state index in [1.54, 1.807) is 0 Å². The highest BCUT2D eigenvalue weighted by Crippen LogP contribution is 2.27. The van der Waals surface area contributed by atoms with Gasteiger partial charge >= 0.3 is 5.97 Å². The molecule has 0 aliphatic carbocycles. The fourth-order valence-corrected chi connectivity index (χ4v) is 2.10. The summed E-state index contributed by atoms with van der Waals surface area (Å²) < 4.78 is 0. The summed E-state index contributed by atoms with van der Waals surface area (Å²) in [6.07, 6.45) is 0.318. The second-order valence-corrected chi connectivity index (χ2v) is 4.73. The van der Waals surface area contributed by atoms with E-state index in [0.717, 1.165) is 16.7 Å². The molecule has 0 heterocycles. The van der Waals surface area contributed by atoms with Gasteiger partial charge in [0.2, 0.25) is 0 Å². The number of hydrogen-bond acceptors (Lipinski definition) is 2. The minimum atomic E-state index is -0.991. The van der Waals surface area contributed by atoms with Crippen LogP contribution in [-0.2, 0) is 11.2 Å². The van der Waals surface area contributed by atoms with Crippen LogP contribution >= 0.6 is 11.6 Å². The van der Waals surface area contributed by atoms with E-state index < -0.39 is 12.0 Å². The Hall–Kier alpha value is -1.84. The Morgan fingerprint density at radius 3 is 2.37 bits per heavy atom. The predicted octanol–water partition coefficient (Wildman–Crippen LogP) is 2.96. The van der Waals surface area contributed by atoms with E-state index in [1.165, 1.54) is 0 Å². The van der Waals surface area contributed by atoms with Gasteiger partial charge in [-0.2, -0.15) is 0 Å². The third kappa shape index (κ3) is 3.34. The van der Waals surface area contributed by atoms with Gasteiger partial charge in [-0.3, -0.25) is 4.79 Å². The molecule has 0 bridgehead atoms. The standard InChI is InChI=1S/C15H14ClNO2/c16-13-4-2-1-3-12(13)11-7-5-10(6-8-11)9-14(17)15(18)19/h1-8,14H,9,17H2,(H,18,19)/t14-/m0/s1. The van der Waals surface area contributed by atoms with Crippen molar-refractivity contribution in [3.63, 3.8) is 0 Å². The lowest BCUT2D eigenvalue weighted by molar-refractivity contribution is -0.138. The Bertz CT molecular complexity index is 581. The summed E-state index contributed by atoms with van der Waals surface area (Å²) >= 11 is 6.13. The quantitative estimate of drug-likeness (QED) is 0.902. The van der Waals surface area contributed by atoms with Crippen LogP contribution in [0.25, 0.3) is 11.1 Å². The Labute approximate surface area is 116 Å². The maximum Gasteiger partial charge on any atom is 0.320 e. The first kappa shape index (κ1) is 13.6. The molecule has 2 aromatic rings. The highest BCUT2D eigenvalue weighted by molar-refractivity contribution is 6.33. The van der Waals surface area contributed by atoms with Crippen molar-refractivity contribution in [2.75, 3.05) is 0 Å². The number of halogens is 1. The Morgan fingerprint density at radius 1 is 1.16 bits per heavy atom. The Morgan fingerprint density at radius 2 is 1.79 bits per heavy atom. The molecule has 98 valence electrons. The van der Waals surface area contributed by atoms with Crippen molar-refractivity contribution in [1.82, 2.24) is 0 Å². The van der Waals surface area contributed by atoms with Gasteiger partial charge in [0, 0.05) is 10.6 Å². The van der Waals surface area contributed by atoms with Crippen LogP contribution in [0, 0.1) is 0 Å². The van der Waals surface area contributed by atoms with Gasteiger partial charge in [-0.15, -0.1) is 0 Å². The van der Waals surface area contributed by atoms with E-state index in [2.05, 4.69) is 0 Å². The minimum Gasteiger partial charge on any atom is -0.480 e. The highest BCUT2D eigenvalue weighted by Gasteiger charge is 2.12. The fourth-order valence-electron chi connectivity index (χ4n) is 1.86. The number of hydrogen-bond donors (Lipinski definition) is 2. The third-order valence-electron chi connectivity index (χ3n) is 2.91. The van der Waals surface area contributed by atoms with Crippen molar-refractivity contribution < 1.29 is 9.90 Å². The van der Waals surface area contributed by atoms with Crippen molar-refractivity contribution in [3.05, 3.63) is 59.1 Å². The van der Waals surface area contributed by atoms with E-state index in [9.17, 15) is 4.79 Å². The summed E-state index contributed by atoms with van der Waals surface area (Å²) in [5.74, 6) is -0.991. The van der Waals surface area contributed by atoms with E-state index in [1.807, 2.05) is 48.5 Å². The van der Waals surface area contributed by atoms with Gasteiger partial charge in [-0.1, -0.05) is 54.1 Å². The summed E-state index contributed by atoms with van der Waals surface area (Å²) in [7, 11) is 0. The van der Waals surface area contributed by atoms with Crippen LogP contribution in [0.2, 0.25) is 5.02 Å². The van der Waals surface area contributed by atoms with Crippen molar-refractivity contribution in [2.45, 2.75) is 12.5 Å². The zero-order valence-corrected chi connectivity index (χ0v) is 11.0. The molecule has 0 aromatic heterocycles. The predicted molar refractivity (Wildman–Crippen MR) is 76.2 cm³/mol. The number of carbonyl (C=O) groups is 1. The summed E-state index contributed by atoms with van der Waals surface area (Å²) in [6, 6.07) is 14.3. The fraction of sp³-hybridized carbons (Fsp3) is 0.133. The normalized spacial score (nSPS) is 12.1. The summed E-state index contributed by atoms with van der Waals surface area (Å²) in [5.41, 5.74) is 8.35. The number of benzene rings is 2. The first-order valence-corrected chi connectivity index (χ1v) is 6.28. The molecule has 0 aliphatic heterocycles. The molecule has 0 fully saturated rings. The maximum absolute atomic E-state index is 10.7. The molecule has 0 aliphatic rings. The van der Waals surface area contributed by atoms with E-state index in [-0.39, 0.29) is 0 Å². The summed E-state index contributed by atoms with van der Waals surface area (Å²) in [6.45, 7) is 0. The van der Waals surface area contributed by atoms with Crippen LogP contribution < -0.4 is 5.73 Å². The van der Waals surface area contributed by atoms with Gasteiger partial charge in [0.25, 0.3) is 0 Å². The van der Waals surface area contributed by atoms with Gasteiger partial charge in [0.05, 0.1) is 0 Å². The van der Waals surface area contributed by atoms with Crippen molar-refractivity contribution in [2.24, 2.45) is 5.73 Å². The molecule has 0 unspecified atom stereocenters. The molecule has 1 atom stereocenters. The second-order valence-electron chi connectivity index (χ2n) is 4.33. The molecule has 0 radical (unpaired) electrons. The van der Waals surface area contributed by atoms with Crippen LogP contribution in [-0.4, -0.2) is 17.1 Å². The lowest BCUT2D eigenvalue weighted by atomic mass is 10.0. The molecule has 4 heteroatoms. The molecular formula is C15H14ClNO2. The second kappa shape index (κ2) is 5.87. The van der Waals surface area contributed by atoms with Crippen molar-refractivity contribution >= 4 is 17.6 Å². The number of rotatable bonds is 4. The highest BCUT2D eigenvalue weighted by atomic mass is 35.5. The summed E-state index contributed by atoms with van der Waals surface area (Å²) in [4.78, 5) is 10.7. The minimum absolute atomic E-state index is 0.318. The third-order valence-corrected chi connectivity index (χ3v) is 3.24. The Balaban J connectivity index is 2.19. The van der Waals surface area contributed by atoms with Gasteiger partial charge < -0.3 is 10.8 Å². The molecule has 0 spiro atoms. The van der Waals surface area contributed by atoms with Gasteiger partial charge in [0.1, 0.15) is 6.04 Å². The molecular weight excluding hydrogens is 262 g/mol. The molecule has 3 N–H and O–H groups in total. The molecule has 0 saturated carbocycles. The average Bonchev–Trinajstić information content (AvgIpc) is 2.40. The number of carboxylic acid groups (broad SMARTS) is 1. The topological polar surface area (TPSA) is 63.3 Å². The van der Waals surface area contributed by atoms with Crippen molar-refractivity contribution in [3.8, 4) is 11.1 Å². The first-order chi connectivity index (χ1) is 9.08. The maximum atomic E-state index is 10.7. The smallest absolute Gasteiger partial charge is 0.320 e. The monoisotopic (exact) mass is 275 g/mol. The molecule has 2 rings (SSSR count). The number of carboxylic acids is 1. The molecule has 2 aromatic carbocycles. The Kier molecular flexibility index (Phi) is 4.20. The molecule has 0 saturated heterocycles. The number of aliphatic carboxylic acids is 1. The van der Waals surface area contributed by atoms with E-state index in [0.29, 0.717) is 11.4 Å². The van der Waals surface area contributed by atoms with Crippen LogP contribution in [0.4, 0.5) is 0 Å². The average molecular weight is 276 g/mol. The van der Waals surface area contributed by atoms with Crippen LogP contribution in [0.15, 0.2) is 48.5 Å². The van der Waals surface area contributed by atoms with Crippen LogP contribution in [0.3, 0.4) is 0 Å². The van der Waals surface area contributed by atoms with Crippen molar-refractivity contribution in [1.29, 1.82) is 0 Å². The lowest BCUT2D eigenvalue weighted by Crippen LogP contribution is -2.32.